The number of aromatic nitrogens is 2. The number of thiophene rings is 1. The summed E-state index contributed by atoms with van der Waals surface area (Å²) in [5.41, 5.74) is 0.946. The number of benzene rings is 1. The second-order valence-electron chi connectivity index (χ2n) is 5.60. The number of ether oxygens (including phenoxy) is 2. The van der Waals surface area contributed by atoms with Crippen LogP contribution in [-0.2, 0) is 11.3 Å². The number of rotatable bonds is 5. The van der Waals surface area contributed by atoms with Crippen LogP contribution in [0, 0.1) is 0 Å². The minimum Gasteiger partial charge on any atom is -0.485 e. The van der Waals surface area contributed by atoms with Crippen molar-refractivity contribution in [1.82, 2.24) is 15.1 Å². The fourth-order valence-electron chi connectivity index (χ4n) is 2.60. The van der Waals surface area contributed by atoms with Crippen LogP contribution in [0.1, 0.15) is 0 Å². The van der Waals surface area contributed by atoms with E-state index >= 15 is 0 Å². The van der Waals surface area contributed by atoms with Crippen LogP contribution >= 0.6 is 11.3 Å². The molecule has 0 spiro atoms. The van der Waals surface area contributed by atoms with Crippen molar-refractivity contribution in [3.8, 4) is 22.1 Å². The Balaban J connectivity index is 1.28. The quantitative estimate of drug-likeness (QED) is 0.764. The Morgan fingerprint density at radius 2 is 2.12 bits per heavy atom. The fourth-order valence-corrected chi connectivity index (χ4v) is 3.29. The summed E-state index contributed by atoms with van der Waals surface area (Å²) in [5, 5.41) is 9.41. The lowest BCUT2D eigenvalue weighted by Crippen LogP contribution is -2.44. The van der Waals surface area contributed by atoms with Gasteiger partial charge in [-0.05, 0) is 29.6 Å². The number of amides is 1. The highest BCUT2D eigenvalue weighted by Gasteiger charge is 2.26. The maximum atomic E-state index is 12.2. The minimum atomic E-state index is -0.630. The van der Waals surface area contributed by atoms with Crippen molar-refractivity contribution in [2.45, 2.75) is 12.6 Å². The van der Waals surface area contributed by atoms with Gasteiger partial charge in [0.05, 0.1) is 11.4 Å². The van der Waals surface area contributed by atoms with E-state index in [1.165, 1.54) is 0 Å². The third kappa shape index (κ3) is 3.51. The molecule has 128 valence electrons. The number of carbonyl (C=O) groups is 1. The van der Waals surface area contributed by atoms with Gasteiger partial charge in [-0.1, -0.05) is 18.2 Å². The van der Waals surface area contributed by atoms with E-state index in [9.17, 15) is 4.79 Å². The zero-order valence-electron chi connectivity index (χ0n) is 13.4. The van der Waals surface area contributed by atoms with Crippen LogP contribution in [-0.4, -0.2) is 34.9 Å². The Bertz CT molecular complexity index is 860. The van der Waals surface area contributed by atoms with Gasteiger partial charge < -0.3 is 14.8 Å². The van der Waals surface area contributed by atoms with Crippen molar-refractivity contribution < 1.29 is 14.3 Å². The van der Waals surface area contributed by atoms with E-state index in [1.54, 1.807) is 17.4 Å². The maximum Gasteiger partial charge on any atom is 0.264 e. The molecule has 7 heteroatoms. The van der Waals surface area contributed by atoms with Gasteiger partial charge >= 0.3 is 0 Å². The summed E-state index contributed by atoms with van der Waals surface area (Å²) in [4.78, 5) is 13.4. The lowest BCUT2D eigenvalue weighted by Gasteiger charge is -2.25. The summed E-state index contributed by atoms with van der Waals surface area (Å²) in [6.45, 7) is 1.29. The number of fused-ring (bicyclic) bond motifs is 1. The zero-order valence-corrected chi connectivity index (χ0v) is 14.2. The molecule has 0 saturated heterocycles. The average Bonchev–Trinajstić information content (AvgIpc) is 3.32. The van der Waals surface area contributed by atoms with Gasteiger partial charge in [0.1, 0.15) is 12.3 Å². The van der Waals surface area contributed by atoms with Crippen LogP contribution in [0.25, 0.3) is 10.6 Å². The van der Waals surface area contributed by atoms with E-state index in [2.05, 4.69) is 10.4 Å². The second-order valence-corrected chi connectivity index (χ2v) is 6.54. The van der Waals surface area contributed by atoms with E-state index in [0.717, 1.165) is 10.6 Å². The van der Waals surface area contributed by atoms with Gasteiger partial charge in [0, 0.05) is 12.7 Å². The topological polar surface area (TPSA) is 65.4 Å². The number of nitrogens with one attached hydrogen (secondary N) is 1. The van der Waals surface area contributed by atoms with Crippen molar-refractivity contribution in [3.05, 3.63) is 54.0 Å². The summed E-state index contributed by atoms with van der Waals surface area (Å²) in [7, 11) is 0. The lowest BCUT2D eigenvalue weighted by molar-refractivity contribution is -0.130. The van der Waals surface area contributed by atoms with Crippen molar-refractivity contribution in [1.29, 1.82) is 0 Å². The normalized spacial score (nSPS) is 15.8. The first-order chi connectivity index (χ1) is 12.3. The van der Waals surface area contributed by atoms with Crippen LogP contribution in [0.4, 0.5) is 0 Å². The van der Waals surface area contributed by atoms with Crippen molar-refractivity contribution in [2.75, 3.05) is 13.2 Å². The highest BCUT2D eigenvalue weighted by atomic mass is 32.1. The highest BCUT2D eigenvalue weighted by molar-refractivity contribution is 7.13. The molecular formula is C18H17N3O3S. The number of hydrogen-bond donors (Lipinski definition) is 1. The van der Waals surface area contributed by atoms with Crippen LogP contribution in [0.15, 0.2) is 54.0 Å². The van der Waals surface area contributed by atoms with Gasteiger partial charge in [0.15, 0.2) is 11.5 Å². The SMILES string of the molecule is O=C(NCCn1ccc(-c2cccs2)n1)C1COc2ccccc2O1. The molecule has 1 unspecified atom stereocenters. The zero-order chi connectivity index (χ0) is 17.1. The van der Waals surface area contributed by atoms with E-state index in [0.29, 0.717) is 24.6 Å². The largest absolute Gasteiger partial charge is 0.485 e. The van der Waals surface area contributed by atoms with Crippen LogP contribution in [0.5, 0.6) is 11.5 Å². The van der Waals surface area contributed by atoms with Crippen LogP contribution in [0.3, 0.4) is 0 Å². The molecule has 25 heavy (non-hydrogen) atoms. The van der Waals surface area contributed by atoms with Crippen molar-refractivity contribution >= 4 is 17.2 Å². The molecule has 1 N–H and O–H groups in total. The Morgan fingerprint density at radius 1 is 1.24 bits per heavy atom. The summed E-state index contributed by atoms with van der Waals surface area (Å²) in [5.74, 6) is 1.09. The van der Waals surface area contributed by atoms with Crippen LogP contribution in [0.2, 0.25) is 0 Å². The Morgan fingerprint density at radius 3 is 2.96 bits per heavy atom. The summed E-state index contributed by atoms with van der Waals surface area (Å²) in [6, 6.07) is 13.4. The van der Waals surface area contributed by atoms with E-state index in [-0.39, 0.29) is 12.5 Å². The molecule has 2 aromatic heterocycles. The summed E-state index contributed by atoms with van der Waals surface area (Å²) in [6.07, 6.45) is 1.28. The number of para-hydroxylation sites is 2. The minimum absolute atomic E-state index is 0.180. The molecule has 6 nitrogen and oxygen atoms in total. The molecule has 0 aliphatic carbocycles. The van der Waals surface area contributed by atoms with E-state index < -0.39 is 6.10 Å². The predicted octanol–water partition coefficient (Wildman–Crippen LogP) is 2.57. The number of nitrogens with zero attached hydrogens (tertiary/aromatic N) is 2. The van der Waals surface area contributed by atoms with E-state index in [4.69, 9.17) is 9.47 Å². The van der Waals surface area contributed by atoms with Gasteiger partial charge in [-0.15, -0.1) is 11.3 Å². The van der Waals surface area contributed by atoms with Crippen molar-refractivity contribution in [3.63, 3.8) is 0 Å². The molecule has 3 aromatic rings. The molecule has 1 amide bonds. The smallest absolute Gasteiger partial charge is 0.264 e. The first-order valence-corrected chi connectivity index (χ1v) is 8.91. The van der Waals surface area contributed by atoms with Gasteiger partial charge in [0.2, 0.25) is 6.10 Å². The first kappa shape index (κ1) is 15.7. The van der Waals surface area contributed by atoms with Gasteiger partial charge in [0.25, 0.3) is 5.91 Å². The number of hydrogen-bond acceptors (Lipinski definition) is 5. The molecule has 4 rings (SSSR count). The van der Waals surface area contributed by atoms with Crippen LogP contribution < -0.4 is 14.8 Å². The molecule has 1 aliphatic rings. The molecule has 1 aromatic carbocycles. The van der Waals surface area contributed by atoms with Gasteiger partial charge in [-0.25, -0.2) is 0 Å². The molecule has 0 saturated carbocycles. The lowest BCUT2D eigenvalue weighted by atomic mass is 10.2. The third-order valence-electron chi connectivity index (χ3n) is 3.86. The molecule has 3 heterocycles. The standard InChI is InChI=1S/C18H17N3O3S/c22-18(16-12-23-14-4-1-2-5-15(14)24-16)19-8-10-21-9-7-13(20-21)17-6-3-11-25-17/h1-7,9,11,16H,8,10,12H2,(H,19,22). The first-order valence-electron chi connectivity index (χ1n) is 8.03. The summed E-state index contributed by atoms with van der Waals surface area (Å²) < 4.78 is 13.1. The maximum absolute atomic E-state index is 12.2. The third-order valence-corrected chi connectivity index (χ3v) is 4.75. The van der Waals surface area contributed by atoms with Gasteiger partial charge in [-0.3, -0.25) is 9.48 Å². The predicted molar refractivity (Wildman–Crippen MR) is 94.9 cm³/mol. The molecule has 0 fully saturated rings. The van der Waals surface area contributed by atoms with Gasteiger partial charge in [-0.2, -0.15) is 5.10 Å². The molecule has 0 bridgehead atoms. The molecule has 1 atom stereocenters. The average molecular weight is 355 g/mol. The Hall–Kier alpha value is -2.80. The molecule has 0 radical (unpaired) electrons. The Kier molecular flexibility index (Phi) is 4.39. The monoisotopic (exact) mass is 355 g/mol. The highest BCUT2D eigenvalue weighted by Crippen LogP contribution is 2.30. The Labute approximate surface area is 149 Å². The summed E-state index contributed by atoms with van der Waals surface area (Å²) >= 11 is 1.66. The number of carbonyl (C=O) groups excluding carboxylic acids is 1. The molecule has 1 aliphatic heterocycles. The van der Waals surface area contributed by atoms with Crippen molar-refractivity contribution in [2.24, 2.45) is 0 Å². The second kappa shape index (κ2) is 6.98. The molecular weight excluding hydrogens is 338 g/mol. The fraction of sp³-hybridized carbons (Fsp3) is 0.222. The van der Waals surface area contributed by atoms with E-state index in [1.807, 2.05) is 52.7 Å².